The van der Waals surface area contributed by atoms with Crippen LogP contribution in [0.5, 0.6) is 0 Å². The molecule has 0 saturated carbocycles. The molecule has 2 amide bonds. The summed E-state index contributed by atoms with van der Waals surface area (Å²) in [4.78, 5) is 13.7. The van der Waals surface area contributed by atoms with Gasteiger partial charge in [-0.3, -0.25) is 0 Å². The first kappa shape index (κ1) is 12.2. The molecule has 0 aliphatic carbocycles. The second-order valence-electron chi connectivity index (χ2n) is 4.06. The highest BCUT2D eigenvalue weighted by molar-refractivity contribution is 6.30. The van der Waals surface area contributed by atoms with Gasteiger partial charge in [-0.05, 0) is 31.2 Å². The number of carbonyl (C=O) groups is 1. The van der Waals surface area contributed by atoms with E-state index in [9.17, 15) is 4.79 Å². The lowest BCUT2D eigenvalue weighted by molar-refractivity contribution is -0.00138. The van der Waals surface area contributed by atoms with E-state index in [0.717, 1.165) is 5.69 Å². The molecule has 1 aliphatic rings. The fourth-order valence-electron chi connectivity index (χ4n) is 1.74. The first-order valence-electron chi connectivity index (χ1n) is 5.58. The van der Waals surface area contributed by atoms with Crippen molar-refractivity contribution in [2.75, 3.05) is 25.0 Å². The molecule has 1 heterocycles. The molecular formula is C12H15ClN2O2. The molecular weight excluding hydrogens is 240 g/mol. The molecule has 1 aromatic rings. The van der Waals surface area contributed by atoms with Crippen molar-refractivity contribution >= 4 is 23.3 Å². The molecule has 1 aliphatic heterocycles. The number of urea groups is 1. The van der Waals surface area contributed by atoms with Gasteiger partial charge >= 0.3 is 6.03 Å². The molecule has 1 unspecified atom stereocenters. The molecule has 1 fully saturated rings. The summed E-state index contributed by atoms with van der Waals surface area (Å²) in [7, 11) is 0. The summed E-state index contributed by atoms with van der Waals surface area (Å²) >= 11 is 5.78. The van der Waals surface area contributed by atoms with Gasteiger partial charge in [0.2, 0.25) is 0 Å². The van der Waals surface area contributed by atoms with Gasteiger partial charge in [0.05, 0.1) is 12.7 Å². The normalized spacial score (nSPS) is 20.1. The van der Waals surface area contributed by atoms with Crippen LogP contribution in [0, 0.1) is 0 Å². The van der Waals surface area contributed by atoms with Crippen LogP contribution in [-0.4, -0.2) is 36.7 Å². The lowest BCUT2D eigenvalue weighted by Crippen LogP contribution is -2.46. The molecule has 0 spiro atoms. The lowest BCUT2D eigenvalue weighted by atomic mass is 10.3. The van der Waals surface area contributed by atoms with Crippen molar-refractivity contribution in [2.24, 2.45) is 0 Å². The number of anilines is 1. The first-order chi connectivity index (χ1) is 8.15. The van der Waals surface area contributed by atoms with Crippen molar-refractivity contribution in [2.45, 2.75) is 13.0 Å². The van der Waals surface area contributed by atoms with Crippen LogP contribution < -0.4 is 5.32 Å². The van der Waals surface area contributed by atoms with E-state index in [1.165, 1.54) is 0 Å². The van der Waals surface area contributed by atoms with Gasteiger partial charge in [-0.15, -0.1) is 0 Å². The number of carbonyl (C=O) groups excluding carboxylic acids is 1. The number of hydrogen-bond acceptors (Lipinski definition) is 2. The first-order valence-corrected chi connectivity index (χ1v) is 5.96. The number of nitrogens with zero attached hydrogens (tertiary/aromatic N) is 1. The van der Waals surface area contributed by atoms with Crippen LogP contribution in [0.25, 0.3) is 0 Å². The molecule has 17 heavy (non-hydrogen) atoms. The Hall–Kier alpha value is -1.26. The Morgan fingerprint density at radius 2 is 2.18 bits per heavy atom. The summed E-state index contributed by atoms with van der Waals surface area (Å²) < 4.78 is 5.39. The predicted molar refractivity (Wildman–Crippen MR) is 67.5 cm³/mol. The second-order valence-corrected chi connectivity index (χ2v) is 4.50. The van der Waals surface area contributed by atoms with Crippen LogP contribution in [-0.2, 0) is 4.74 Å². The van der Waals surface area contributed by atoms with Gasteiger partial charge < -0.3 is 15.0 Å². The van der Waals surface area contributed by atoms with Crippen LogP contribution >= 0.6 is 11.6 Å². The second kappa shape index (κ2) is 5.38. The van der Waals surface area contributed by atoms with E-state index < -0.39 is 0 Å². The number of amides is 2. The Kier molecular flexibility index (Phi) is 3.86. The fraction of sp³-hybridized carbons (Fsp3) is 0.417. The summed E-state index contributed by atoms with van der Waals surface area (Å²) in [6.07, 6.45) is 0.0970. The zero-order valence-electron chi connectivity index (χ0n) is 9.65. The van der Waals surface area contributed by atoms with Gasteiger partial charge in [0.15, 0.2) is 0 Å². The average molecular weight is 255 g/mol. The van der Waals surface area contributed by atoms with Crippen molar-refractivity contribution in [3.05, 3.63) is 29.3 Å². The third-order valence-electron chi connectivity index (χ3n) is 2.62. The molecule has 4 nitrogen and oxygen atoms in total. The molecule has 2 rings (SSSR count). The SMILES string of the molecule is CC1CN(C(=O)Nc2ccc(Cl)cc2)CCO1. The number of hydrogen-bond donors (Lipinski definition) is 1. The average Bonchev–Trinajstić information content (AvgIpc) is 2.32. The maximum Gasteiger partial charge on any atom is 0.322 e. The minimum absolute atomic E-state index is 0.0949. The molecule has 0 radical (unpaired) electrons. The van der Waals surface area contributed by atoms with E-state index in [1.807, 2.05) is 6.92 Å². The zero-order chi connectivity index (χ0) is 12.3. The van der Waals surface area contributed by atoms with E-state index in [4.69, 9.17) is 16.3 Å². The Morgan fingerprint density at radius 3 is 2.82 bits per heavy atom. The van der Waals surface area contributed by atoms with Crippen molar-refractivity contribution in [3.8, 4) is 0 Å². The highest BCUT2D eigenvalue weighted by Gasteiger charge is 2.21. The Balaban J connectivity index is 1.94. The zero-order valence-corrected chi connectivity index (χ0v) is 10.4. The molecule has 0 aromatic heterocycles. The van der Waals surface area contributed by atoms with Gasteiger partial charge in [0.1, 0.15) is 0 Å². The lowest BCUT2D eigenvalue weighted by Gasteiger charge is -2.31. The van der Waals surface area contributed by atoms with Crippen molar-refractivity contribution in [1.29, 1.82) is 0 Å². The maximum atomic E-state index is 11.9. The van der Waals surface area contributed by atoms with Crippen molar-refractivity contribution < 1.29 is 9.53 Å². The van der Waals surface area contributed by atoms with Crippen molar-refractivity contribution in [1.82, 2.24) is 4.90 Å². The van der Waals surface area contributed by atoms with Crippen molar-refractivity contribution in [3.63, 3.8) is 0 Å². The summed E-state index contributed by atoms with van der Waals surface area (Å²) in [5, 5.41) is 3.49. The maximum absolute atomic E-state index is 11.9. The topological polar surface area (TPSA) is 41.6 Å². The predicted octanol–water partition coefficient (Wildman–Crippen LogP) is 2.59. The van der Waals surface area contributed by atoms with Crippen LogP contribution in [0.2, 0.25) is 5.02 Å². The summed E-state index contributed by atoms with van der Waals surface area (Å²) in [6.45, 7) is 3.81. The van der Waals surface area contributed by atoms with E-state index in [1.54, 1.807) is 29.2 Å². The van der Waals surface area contributed by atoms with Gasteiger partial charge in [0, 0.05) is 23.8 Å². The molecule has 5 heteroatoms. The van der Waals surface area contributed by atoms with E-state index in [0.29, 0.717) is 24.7 Å². The number of rotatable bonds is 1. The van der Waals surface area contributed by atoms with E-state index in [-0.39, 0.29) is 12.1 Å². The van der Waals surface area contributed by atoms with Crippen LogP contribution in [0.4, 0.5) is 10.5 Å². The minimum atomic E-state index is -0.0949. The highest BCUT2D eigenvalue weighted by atomic mass is 35.5. The molecule has 0 bridgehead atoms. The van der Waals surface area contributed by atoms with E-state index >= 15 is 0 Å². The summed E-state index contributed by atoms with van der Waals surface area (Å²) in [6, 6.07) is 6.97. The van der Waals surface area contributed by atoms with Gasteiger partial charge in [-0.25, -0.2) is 4.79 Å². The molecule has 1 saturated heterocycles. The quantitative estimate of drug-likeness (QED) is 0.837. The van der Waals surface area contributed by atoms with Gasteiger partial charge in [-0.1, -0.05) is 11.6 Å². The van der Waals surface area contributed by atoms with Gasteiger partial charge in [0.25, 0.3) is 0 Å². The molecule has 1 aromatic carbocycles. The number of benzene rings is 1. The van der Waals surface area contributed by atoms with E-state index in [2.05, 4.69) is 5.32 Å². The largest absolute Gasteiger partial charge is 0.375 e. The van der Waals surface area contributed by atoms with Crippen LogP contribution in [0.15, 0.2) is 24.3 Å². The number of ether oxygens (including phenoxy) is 1. The molecule has 1 atom stereocenters. The van der Waals surface area contributed by atoms with Crippen LogP contribution in [0.1, 0.15) is 6.92 Å². The minimum Gasteiger partial charge on any atom is -0.375 e. The highest BCUT2D eigenvalue weighted by Crippen LogP contribution is 2.14. The summed E-state index contributed by atoms with van der Waals surface area (Å²) in [5.74, 6) is 0. The molecule has 1 N–H and O–H groups in total. The van der Waals surface area contributed by atoms with Crippen LogP contribution in [0.3, 0.4) is 0 Å². The molecule has 92 valence electrons. The number of halogens is 1. The Bertz CT molecular complexity index is 394. The third kappa shape index (κ3) is 3.35. The summed E-state index contributed by atoms with van der Waals surface area (Å²) in [5.41, 5.74) is 0.749. The number of nitrogens with one attached hydrogen (secondary N) is 1. The Labute approximate surface area is 106 Å². The number of morpholine rings is 1. The fourth-order valence-corrected chi connectivity index (χ4v) is 1.86. The standard InChI is InChI=1S/C12H15ClN2O2/c1-9-8-15(6-7-17-9)12(16)14-11-4-2-10(13)3-5-11/h2-5,9H,6-8H2,1H3,(H,14,16). The third-order valence-corrected chi connectivity index (χ3v) is 2.88. The monoisotopic (exact) mass is 254 g/mol. The van der Waals surface area contributed by atoms with Gasteiger partial charge in [-0.2, -0.15) is 0 Å². The Morgan fingerprint density at radius 1 is 1.47 bits per heavy atom. The smallest absolute Gasteiger partial charge is 0.322 e.